The lowest BCUT2D eigenvalue weighted by atomic mass is 10.0. The van der Waals surface area contributed by atoms with Gasteiger partial charge in [-0.05, 0) is 58.2 Å². The highest BCUT2D eigenvalue weighted by Gasteiger charge is 2.23. The molecule has 1 atom stereocenters. The van der Waals surface area contributed by atoms with E-state index in [1.54, 1.807) is 0 Å². The largest absolute Gasteiger partial charge is 0.349 e. The summed E-state index contributed by atoms with van der Waals surface area (Å²) in [4.78, 5) is 14.8. The number of nitrogens with zero attached hydrogens (tertiary/aromatic N) is 4. The Morgan fingerprint density at radius 2 is 2.00 bits per heavy atom. The topological polar surface area (TPSA) is 75.1 Å². The van der Waals surface area contributed by atoms with Gasteiger partial charge in [-0.15, -0.1) is 29.9 Å². The molecule has 0 saturated carbocycles. The monoisotopic (exact) mass is 406 g/mol. The molecule has 3 rings (SSSR count). The minimum absolute atomic E-state index is 0. The van der Waals surface area contributed by atoms with Gasteiger partial charge in [-0.3, -0.25) is 4.79 Å². The molecule has 2 saturated heterocycles. The summed E-state index contributed by atoms with van der Waals surface area (Å²) in [6, 6.07) is 0.357. The van der Waals surface area contributed by atoms with Crippen LogP contribution in [0.15, 0.2) is 0 Å². The Balaban J connectivity index is 0.00000169. The summed E-state index contributed by atoms with van der Waals surface area (Å²) in [7, 11) is 0. The number of halogens is 2. The van der Waals surface area contributed by atoms with E-state index in [9.17, 15) is 4.79 Å². The number of nitrogens with one attached hydrogen (secondary N) is 2. The lowest BCUT2D eigenvalue weighted by Gasteiger charge is -2.30. The molecule has 0 radical (unpaired) electrons. The first kappa shape index (κ1) is 23.1. The maximum absolute atomic E-state index is 12.4. The van der Waals surface area contributed by atoms with E-state index in [0.717, 1.165) is 57.2 Å². The molecule has 3 heterocycles. The highest BCUT2D eigenvalue weighted by Crippen LogP contribution is 2.20. The predicted octanol–water partition coefficient (Wildman–Crippen LogP) is 1.82. The van der Waals surface area contributed by atoms with Crippen molar-refractivity contribution in [2.45, 2.75) is 45.6 Å². The van der Waals surface area contributed by atoms with Crippen LogP contribution in [0.3, 0.4) is 0 Å². The zero-order chi connectivity index (χ0) is 16.9. The number of amides is 1. The van der Waals surface area contributed by atoms with Crippen molar-refractivity contribution in [2.75, 3.05) is 39.3 Å². The lowest BCUT2D eigenvalue weighted by molar-refractivity contribution is 0.0938. The third-order valence-corrected chi connectivity index (χ3v) is 5.25. The van der Waals surface area contributed by atoms with E-state index in [2.05, 4.69) is 32.8 Å². The van der Waals surface area contributed by atoms with Crippen molar-refractivity contribution < 1.29 is 4.79 Å². The minimum atomic E-state index is -0.0993. The third kappa shape index (κ3) is 5.81. The summed E-state index contributed by atoms with van der Waals surface area (Å²) in [5.41, 5.74) is 1.35. The number of hydrogen-bond acceptors (Lipinski definition) is 5. The zero-order valence-corrected chi connectivity index (χ0v) is 17.4. The number of carbonyl (C=O) groups is 1. The molecular formula is C17H32Cl2N6O. The molecule has 1 aromatic rings. The van der Waals surface area contributed by atoms with E-state index in [0.29, 0.717) is 18.3 Å². The minimum Gasteiger partial charge on any atom is -0.349 e. The number of rotatable bonds is 5. The molecule has 9 heteroatoms. The van der Waals surface area contributed by atoms with Gasteiger partial charge < -0.3 is 15.5 Å². The van der Waals surface area contributed by atoms with Crippen molar-refractivity contribution in [2.24, 2.45) is 5.92 Å². The first-order chi connectivity index (χ1) is 11.6. The Hall–Kier alpha value is -0.890. The smallest absolute Gasteiger partial charge is 0.273 e. The molecule has 1 amide bonds. The molecule has 2 aliphatic heterocycles. The molecule has 2 aliphatic rings. The third-order valence-electron chi connectivity index (χ3n) is 5.25. The number of carbonyl (C=O) groups excluding carboxylic acids is 1. The Morgan fingerprint density at radius 3 is 2.69 bits per heavy atom. The van der Waals surface area contributed by atoms with Gasteiger partial charge in [0.15, 0.2) is 5.69 Å². The molecule has 0 aromatic carbocycles. The normalized spacial score (nSPS) is 21.5. The highest BCUT2D eigenvalue weighted by molar-refractivity contribution is 5.93. The Bertz CT molecular complexity index is 561. The molecular weight excluding hydrogens is 375 g/mol. The molecule has 0 spiro atoms. The van der Waals surface area contributed by atoms with E-state index in [-0.39, 0.29) is 30.7 Å². The quantitative estimate of drug-likeness (QED) is 0.779. The number of hydrogen-bond donors (Lipinski definition) is 2. The molecule has 26 heavy (non-hydrogen) atoms. The van der Waals surface area contributed by atoms with E-state index >= 15 is 0 Å². The second-order valence-electron chi connectivity index (χ2n) is 7.25. The average molecular weight is 407 g/mol. The number of piperidine rings is 2. The Labute approximate surface area is 168 Å². The van der Waals surface area contributed by atoms with Crippen LogP contribution in [0, 0.1) is 12.8 Å². The first-order valence-electron chi connectivity index (χ1n) is 9.28. The molecule has 150 valence electrons. The van der Waals surface area contributed by atoms with E-state index in [1.165, 1.54) is 12.8 Å². The van der Waals surface area contributed by atoms with Crippen LogP contribution in [0.4, 0.5) is 0 Å². The van der Waals surface area contributed by atoms with Crippen LogP contribution in [0.5, 0.6) is 0 Å². The lowest BCUT2D eigenvalue weighted by Crippen LogP contribution is -2.40. The molecule has 0 aliphatic carbocycles. The summed E-state index contributed by atoms with van der Waals surface area (Å²) in [6.07, 6.45) is 4.66. The summed E-state index contributed by atoms with van der Waals surface area (Å²) in [6.45, 7) is 10.1. The van der Waals surface area contributed by atoms with Crippen molar-refractivity contribution in [3.8, 4) is 0 Å². The van der Waals surface area contributed by atoms with Gasteiger partial charge in [-0.1, -0.05) is 12.1 Å². The van der Waals surface area contributed by atoms with Crippen molar-refractivity contribution in [1.82, 2.24) is 30.5 Å². The summed E-state index contributed by atoms with van der Waals surface area (Å²) >= 11 is 0. The fraction of sp³-hybridized carbons (Fsp3) is 0.824. The maximum Gasteiger partial charge on any atom is 0.273 e. The van der Waals surface area contributed by atoms with Gasteiger partial charge in [-0.2, -0.15) is 0 Å². The van der Waals surface area contributed by atoms with Crippen LogP contribution in [0.1, 0.15) is 54.8 Å². The standard InChI is InChI=1S/C17H30N6O.2ClH/c1-13-4-3-10-22(12-13)11-9-19-17(24)16-14(2)23(21-20-16)15-5-7-18-8-6-15;;/h13,15,18H,3-12H2,1-2H3,(H,19,24);2*1H. The summed E-state index contributed by atoms with van der Waals surface area (Å²) in [5, 5.41) is 14.7. The van der Waals surface area contributed by atoms with Gasteiger partial charge in [0.1, 0.15) is 0 Å². The van der Waals surface area contributed by atoms with Crippen molar-refractivity contribution in [3.05, 3.63) is 11.4 Å². The Kier molecular flexibility index (Phi) is 9.85. The number of likely N-dealkylation sites (tertiary alicyclic amines) is 1. The van der Waals surface area contributed by atoms with Crippen LogP contribution in [-0.4, -0.2) is 65.1 Å². The van der Waals surface area contributed by atoms with Crippen molar-refractivity contribution in [3.63, 3.8) is 0 Å². The summed E-state index contributed by atoms with van der Waals surface area (Å²) < 4.78 is 1.93. The van der Waals surface area contributed by atoms with Gasteiger partial charge in [0.25, 0.3) is 5.91 Å². The van der Waals surface area contributed by atoms with Crippen molar-refractivity contribution >= 4 is 30.7 Å². The van der Waals surface area contributed by atoms with Gasteiger partial charge >= 0.3 is 0 Å². The fourth-order valence-electron chi connectivity index (χ4n) is 3.85. The second-order valence-corrected chi connectivity index (χ2v) is 7.25. The summed E-state index contributed by atoms with van der Waals surface area (Å²) in [5.74, 6) is 0.666. The molecule has 7 nitrogen and oxygen atoms in total. The molecule has 1 unspecified atom stereocenters. The molecule has 1 aromatic heterocycles. The molecule has 2 fully saturated rings. The van der Waals surface area contributed by atoms with Gasteiger partial charge in [0, 0.05) is 19.6 Å². The highest BCUT2D eigenvalue weighted by atomic mass is 35.5. The van der Waals surface area contributed by atoms with Crippen LogP contribution < -0.4 is 10.6 Å². The van der Waals surface area contributed by atoms with Gasteiger partial charge in [0.05, 0.1) is 11.7 Å². The SMILES string of the molecule is Cc1c(C(=O)NCCN2CCCC(C)C2)nnn1C1CCNCC1.Cl.Cl. The van der Waals surface area contributed by atoms with Gasteiger partial charge in [-0.25, -0.2) is 4.68 Å². The van der Waals surface area contributed by atoms with Crippen LogP contribution in [-0.2, 0) is 0 Å². The zero-order valence-electron chi connectivity index (χ0n) is 15.7. The second kappa shape index (κ2) is 11.1. The Morgan fingerprint density at radius 1 is 1.27 bits per heavy atom. The number of aromatic nitrogens is 3. The van der Waals surface area contributed by atoms with Crippen LogP contribution in [0.25, 0.3) is 0 Å². The molecule has 2 N–H and O–H groups in total. The van der Waals surface area contributed by atoms with E-state index in [4.69, 9.17) is 0 Å². The first-order valence-corrected chi connectivity index (χ1v) is 9.28. The van der Waals surface area contributed by atoms with E-state index < -0.39 is 0 Å². The van der Waals surface area contributed by atoms with Gasteiger partial charge in [0.2, 0.25) is 0 Å². The van der Waals surface area contributed by atoms with Crippen molar-refractivity contribution in [1.29, 1.82) is 0 Å². The average Bonchev–Trinajstić information content (AvgIpc) is 2.97. The van der Waals surface area contributed by atoms with E-state index in [1.807, 2.05) is 11.6 Å². The maximum atomic E-state index is 12.4. The van der Waals surface area contributed by atoms with Crippen LogP contribution in [0.2, 0.25) is 0 Å². The molecule has 0 bridgehead atoms. The predicted molar refractivity (Wildman–Crippen MR) is 108 cm³/mol. The van der Waals surface area contributed by atoms with Crippen LogP contribution >= 0.6 is 24.8 Å². The fourth-order valence-corrected chi connectivity index (χ4v) is 3.85.